The first-order chi connectivity index (χ1) is 15.2. The Morgan fingerprint density at radius 1 is 0.861 bits per heavy atom. The summed E-state index contributed by atoms with van der Waals surface area (Å²) in [4.78, 5) is 0. The van der Waals surface area contributed by atoms with Gasteiger partial charge in [-0.05, 0) is 70.3 Å². The van der Waals surface area contributed by atoms with E-state index in [1.165, 1.54) is 5.56 Å². The number of ether oxygens (including phenoxy) is 2. The number of halogens is 2. The smallest absolute Gasteiger partial charge is 1.00 e. The Bertz CT molecular complexity index is 903. The van der Waals surface area contributed by atoms with Gasteiger partial charge in [0.1, 0.15) is 11.5 Å². The van der Waals surface area contributed by atoms with Crippen LogP contribution in [0.25, 0.3) is 0 Å². The van der Waals surface area contributed by atoms with E-state index in [-0.39, 0.29) is 70.5 Å². The topological polar surface area (TPSA) is 58.9 Å². The maximum Gasteiger partial charge on any atom is 2.00 e. The van der Waals surface area contributed by atoms with Crippen molar-refractivity contribution in [2.45, 2.75) is 80.4 Å². The summed E-state index contributed by atoms with van der Waals surface area (Å²) >= 11 is 2.23. The summed E-state index contributed by atoms with van der Waals surface area (Å²) in [6.45, 7) is 17.9. The fourth-order valence-corrected chi connectivity index (χ4v) is 4.01. The summed E-state index contributed by atoms with van der Waals surface area (Å²) in [6.07, 6.45) is 1.72. The number of aliphatic hydroxyl groups is 2. The fourth-order valence-electron chi connectivity index (χ4n) is 3.50. The van der Waals surface area contributed by atoms with Crippen LogP contribution >= 0.6 is 22.6 Å². The molecule has 7 heteroatoms. The van der Waals surface area contributed by atoms with Crippen LogP contribution in [0.5, 0.6) is 11.5 Å². The zero-order valence-electron chi connectivity index (χ0n) is 22.0. The molecule has 2 aromatic rings. The Labute approximate surface area is 260 Å². The Balaban J connectivity index is 0. The summed E-state index contributed by atoms with van der Waals surface area (Å²) in [6, 6.07) is 12.0. The van der Waals surface area contributed by atoms with Crippen LogP contribution in [0.1, 0.15) is 90.7 Å². The maximum atomic E-state index is 9.90. The van der Waals surface area contributed by atoms with Crippen LogP contribution in [0.4, 0.5) is 0 Å². The fraction of sp³-hybridized carbons (Fsp3) is 0.552. The molecule has 2 heterocycles. The number of aliphatic hydroxyl groups excluding tert-OH is 2. The van der Waals surface area contributed by atoms with Crippen molar-refractivity contribution < 1.29 is 36.7 Å². The van der Waals surface area contributed by atoms with Crippen molar-refractivity contribution in [2.24, 2.45) is 10.8 Å². The minimum atomic E-state index is -0.358. The standard InChI is InChI=1S/C14H20O2.C9H9IO2.C5H11.CH4.BrH.Mg/c1-14(2,3)9-10-4-5-13-11(8-10)12(15)6-7-16-13;10-6-1-2-9-7(5-6)8(11)3-4-12-9;1-5(2,3)4;;;/h4-5,8,12,15H,6-7,9H2,1-3H3;1-2,5,8,11H,3-4H2;1H2,2-4H3;1H4;1H;/q;;-1;;;+2/p-1/t12-;8-;;;;/m11..../s1. The van der Waals surface area contributed by atoms with Crippen molar-refractivity contribution in [1.82, 2.24) is 0 Å². The number of hydrogen-bond donors (Lipinski definition) is 2. The molecule has 0 saturated heterocycles. The molecule has 2 aromatic carbocycles. The first-order valence-corrected chi connectivity index (χ1v) is 12.7. The van der Waals surface area contributed by atoms with Gasteiger partial charge >= 0.3 is 23.1 Å². The van der Waals surface area contributed by atoms with E-state index in [4.69, 9.17) is 9.47 Å². The average Bonchev–Trinajstić information content (AvgIpc) is 2.67. The van der Waals surface area contributed by atoms with Gasteiger partial charge in [-0.1, -0.05) is 55.0 Å². The van der Waals surface area contributed by atoms with Gasteiger partial charge in [-0.3, -0.25) is 0 Å². The van der Waals surface area contributed by atoms with E-state index in [1.807, 2.05) is 24.3 Å². The monoisotopic (exact) mass is 686 g/mol. The van der Waals surface area contributed by atoms with E-state index in [1.54, 1.807) is 0 Å². The van der Waals surface area contributed by atoms with Gasteiger partial charge in [-0.15, -0.1) is 0 Å². The van der Waals surface area contributed by atoms with Gasteiger partial charge in [-0.2, -0.15) is 5.41 Å². The molecule has 4 nitrogen and oxygen atoms in total. The largest absolute Gasteiger partial charge is 2.00 e. The molecular weight excluding hydrogens is 643 g/mol. The summed E-state index contributed by atoms with van der Waals surface area (Å²) in [5.74, 6) is 1.67. The van der Waals surface area contributed by atoms with Gasteiger partial charge in [0, 0.05) is 27.5 Å². The zero-order valence-corrected chi connectivity index (χ0v) is 27.2. The molecule has 0 aliphatic carbocycles. The van der Waals surface area contributed by atoms with Crippen molar-refractivity contribution in [3.63, 3.8) is 0 Å². The molecule has 0 bridgehead atoms. The van der Waals surface area contributed by atoms with E-state index >= 15 is 0 Å². The molecule has 0 spiro atoms. The van der Waals surface area contributed by atoms with Crippen molar-refractivity contribution in [2.75, 3.05) is 13.2 Å². The predicted octanol–water partition coefficient (Wildman–Crippen LogP) is 4.32. The Morgan fingerprint density at radius 3 is 1.72 bits per heavy atom. The summed E-state index contributed by atoms with van der Waals surface area (Å²) in [5.41, 5.74) is 3.67. The number of fused-ring (bicyclic) bond motifs is 2. The molecule has 2 atom stereocenters. The normalized spacial score (nSPS) is 17.7. The summed E-state index contributed by atoms with van der Waals surface area (Å²) < 4.78 is 12.0. The van der Waals surface area contributed by atoms with Crippen molar-refractivity contribution >= 4 is 45.6 Å². The minimum Gasteiger partial charge on any atom is -1.00 e. The van der Waals surface area contributed by atoms with Gasteiger partial charge in [0.2, 0.25) is 0 Å². The molecule has 4 rings (SSSR count). The quantitative estimate of drug-likeness (QED) is 0.267. The Morgan fingerprint density at radius 2 is 1.28 bits per heavy atom. The van der Waals surface area contributed by atoms with Gasteiger partial charge in [0.15, 0.2) is 0 Å². The van der Waals surface area contributed by atoms with Crippen LogP contribution < -0.4 is 26.5 Å². The number of rotatable bonds is 1. The first-order valence-electron chi connectivity index (χ1n) is 11.6. The van der Waals surface area contributed by atoms with E-state index < -0.39 is 0 Å². The number of benzene rings is 2. The second kappa shape index (κ2) is 16.8. The second-order valence-corrected chi connectivity index (χ2v) is 12.4. The van der Waals surface area contributed by atoms with Crippen LogP contribution in [0, 0.1) is 21.3 Å². The van der Waals surface area contributed by atoms with Crippen LogP contribution in [0.2, 0.25) is 0 Å². The third-order valence-corrected chi connectivity index (χ3v) is 5.47. The van der Waals surface area contributed by atoms with Crippen LogP contribution in [-0.4, -0.2) is 46.5 Å². The molecule has 2 aliphatic heterocycles. The Kier molecular flexibility index (Phi) is 17.8. The molecular formula is C29H44BrIMgO4. The van der Waals surface area contributed by atoms with Crippen LogP contribution in [0.3, 0.4) is 0 Å². The van der Waals surface area contributed by atoms with E-state index in [9.17, 15) is 10.2 Å². The SMILES string of the molecule is C.CC(C)(C)Cc1ccc2c(c1)[C@H](O)CCO2.O[C@@H]1CCOc2ccc(I)cc21.[Br-].[CH2-]C(C)(C)C.[Mg+2]. The van der Waals surface area contributed by atoms with E-state index in [2.05, 4.69) is 83.2 Å². The predicted molar refractivity (Wildman–Crippen MR) is 156 cm³/mol. The minimum absolute atomic E-state index is 0. The molecule has 0 fully saturated rings. The van der Waals surface area contributed by atoms with Gasteiger partial charge < -0.3 is 43.6 Å². The molecule has 36 heavy (non-hydrogen) atoms. The first kappa shape index (κ1) is 38.1. The second-order valence-electron chi connectivity index (χ2n) is 11.2. The molecule has 200 valence electrons. The van der Waals surface area contributed by atoms with Crippen molar-refractivity contribution in [1.29, 1.82) is 0 Å². The third-order valence-electron chi connectivity index (χ3n) is 4.80. The molecule has 0 saturated carbocycles. The Hall–Kier alpha value is -0.0638. The van der Waals surface area contributed by atoms with Crippen LogP contribution in [0.15, 0.2) is 36.4 Å². The van der Waals surface area contributed by atoms with Crippen LogP contribution in [-0.2, 0) is 6.42 Å². The van der Waals surface area contributed by atoms with Crippen molar-refractivity contribution in [3.05, 3.63) is 63.6 Å². The summed E-state index contributed by atoms with van der Waals surface area (Å²) in [5, 5.41) is 19.5. The average molecular weight is 688 g/mol. The van der Waals surface area contributed by atoms with Gasteiger partial charge in [0.05, 0.1) is 25.4 Å². The van der Waals surface area contributed by atoms with E-state index in [0.29, 0.717) is 26.1 Å². The number of hydrogen-bond acceptors (Lipinski definition) is 4. The molecule has 2 N–H and O–H groups in total. The third kappa shape index (κ3) is 14.2. The molecule has 0 radical (unpaired) electrons. The van der Waals surface area contributed by atoms with E-state index in [0.717, 1.165) is 32.6 Å². The molecule has 0 unspecified atom stereocenters. The molecule has 2 aliphatic rings. The molecule has 0 amide bonds. The molecule has 0 aromatic heterocycles. The zero-order chi connectivity index (χ0) is 24.8. The van der Waals surface area contributed by atoms with Gasteiger partial charge in [0.25, 0.3) is 0 Å². The maximum absolute atomic E-state index is 9.90. The summed E-state index contributed by atoms with van der Waals surface area (Å²) in [7, 11) is 0. The van der Waals surface area contributed by atoms with Gasteiger partial charge in [-0.25, -0.2) is 0 Å². The van der Waals surface area contributed by atoms with Crippen molar-refractivity contribution in [3.8, 4) is 11.5 Å².